The predicted octanol–water partition coefficient (Wildman–Crippen LogP) is 1.37. The fourth-order valence-electron chi connectivity index (χ4n) is 0.423. The van der Waals surface area contributed by atoms with Gasteiger partial charge < -0.3 is 4.74 Å². The van der Waals surface area contributed by atoms with Gasteiger partial charge in [-0.05, 0) is 0 Å². The van der Waals surface area contributed by atoms with Crippen LogP contribution in [0.2, 0.25) is 0 Å². The molecule has 0 aliphatic carbocycles. The Hall–Kier alpha value is -0.790. The second-order valence-electron chi connectivity index (χ2n) is 2.15. The molecule has 9 heavy (non-hydrogen) atoms. The Kier molecular flexibility index (Phi) is 2.99. The fourth-order valence-corrected chi connectivity index (χ4v) is 0.423. The zero-order valence-corrected chi connectivity index (χ0v) is 6.10. The van der Waals surface area contributed by atoms with Crippen molar-refractivity contribution in [3.05, 3.63) is 12.3 Å². The molecular weight excluding hydrogens is 116 g/mol. The van der Waals surface area contributed by atoms with E-state index in [2.05, 4.69) is 11.3 Å². The first kappa shape index (κ1) is 8.21. The maximum atomic E-state index is 10.8. The minimum Gasteiger partial charge on any atom is -0.494 e. The molecule has 0 rings (SSSR count). The predicted molar refractivity (Wildman–Crippen MR) is 36.0 cm³/mol. The summed E-state index contributed by atoms with van der Waals surface area (Å²) in [4.78, 5) is 10.8. The summed E-state index contributed by atoms with van der Waals surface area (Å²) in [5, 5.41) is 0. The Labute approximate surface area is 55.5 Å². The summed E-state index contributed by atoms with van der Waals surface area (Å²) in [6, 6.07) is 0. The Morgan fingerprint density at radius 2 is 2.00 bits per heavy atom. The minimum atomic E-state index is -0.0301. The van der Waals surface area contributed by atoms with Crippen molar-refractivity contribution in [2.75, 3.05) is 7.11 Å². The number of methoxy groups -OCH3 is 1. The third kappa shape index (κ3) is 2.31. The normalized spacial score (nSPS) is 9.33. The van der Waals surface area contributed by atoms with Gasteiger partial charge in [0, 0.05) is 5.92 Å². The number of ketones is 1. The van der Waals surface area contributed by atoms with Gasteiger partial charge in [0.1, 0.15) is 0 Å². The van der Waals surface area contributed by atoms with Crippen molar-refractivity contribution in [1.82, 2.24) is 0 Å². The quantitative estimate of drug-likeness (QED) is 0.424. The van der Waals surface area contributed by atoms with Gasteiger partial charge in [0.05, 0.1) is 7.11 Å². The van der Waals surface area contributed by atoms with Gasteiger partial charge in [-0.1, -0.05) is 20.4 Å². The summed E-state index contributed by atoms with van der Waals surface area (Å²) in [5.41, 5.74) is 0. The molecule has 0 saturated carbocycles. The first-order valence-corrected chi connectivity index (χ1v) is 2.86. The van der Waals surface area contributed by atoms with Crippen LogP contribution in [0.15, 0.2) is 12.3 Å². The van der Waals surface area contributed by atoms with Crippen LogP contribution >= 0.6 is 0 Å². The van der Waals surface area contributed by atoms with Crippen molar-refractivity contribution < 1.29 is 9.53 Å². The van der Waals surface area contributed by atoms with Crippen molar-refractivity contribution in [3.63, 3.8) is 0 Å². The lowest BCUT2D eigenvalue weighted by Gasteiger charge is -2.04. The summed E-state index contributed by atoms with van der Waals surface area (Å²) in [7, 11) is 1.45. The maximum absolute atomic E-state index is 10.8. The number of hydrogen-bond acceptors (Lipinski definition) is 2. The molecule has 0 aromatic rings. The zero-order valence-electron chi connectivity index (χ0n) is 6.10. The molecule has 0 spiro atoms. The third-order valence-electron chi connectivity index (χ3n) is 1.05. The van der Waals surface area contributed by atoms with Crippen LogP contribution in [0.1, 0.15) is 13.8 Å². The van der Waals surface area contributed by atoms with E-state index < -0.39 is 0 Å². The molecule has 0 aliphatic heterocycles. The van der Waals surface area contributed by atoms with Crippen molar-refractivity contribution in [3.8, 4) is 0 Å². The van der Waals surface area contributed by atoms with Gasteiger partial charge in [-0.15, -0.1) is 0 Å². The van der Waals surface area contributed by atoms with E-state index in [-0.39, 0.29) is 17.5 Å². The highest BCUT2D eigenvalue weighted by Gasteiger charge is 2.10. The fraction of sp³-hybridized carbons (Fsp3) is 0.571. The summed E-state index contributed by atoms with van der Waals surface area (Å²) < 4.78 is 4.63. The van der Waals surface area contributed by atoms with E-state index in [1.54, 1.807) is 0 Å². The highest BCUT2D eigenvalue weighted by Crippen LogP contribution is 2.02. The van der Waals surface area contributed by atoms with Crippen LogP contribution < -0.4 is 0 Å². The molecule has 0 amide bonds. The molecule has 0 heterocycles. The van der Waals surface area contributed by atoms with Crippen molar-refractivity contribution in [2.45, 2.75) is 13.8 Å². The average molecular weight is 128 g/mol. The number of Topliss-reactive ketones (excluding diaryl/α,β-unsaturated/α-hetero) is 1. The Morgan fingerprint density at radius 3 is 2.11 bits per heavy atom. The highest BCUT2D eigenvalue weighted by atomic mass is 16.5. The molecule has 0 N–H and O–H groups in total. The largest absolute Gasteiger partial charge is 0.494 e. The Bertz CT molecular complexity index is 125. The number of carbonyl (C=O) groups excluding carboxylic acids is 1. The highest BCUT2D eigenvalue weighted by molar-refractivity contribution is 5.94. The first-order chi connectivity index (χ1) is 4.09. The number of carbonyl (C=O) groups is 1. The summed E-state index contributed by atoms with van der Waals surface area (Å²) in [6.45, 7) is 7.05. The molecular formula is C7H12O2. The number of rotatable bonds is 3. The maximum Gasteiger partial charge on any atom is 0.199 e. The van der Waals surface area contributed by atoms with E-state index in [9.17, 15) is 4.79 Å². The number of allylic oxidation sites excluding steroid dienone is 1. The van der Waals surface area contributed by atoms with E-state index >= 15 is 0 Å². The lowest BCUT2D eigenvalue weighted by atomic mass is 10.1. The smallest absolute Gasteiger partial charge is 0.199 e. The molecule has 0 unspecified atom stereocenters. The van der Waals surface area contributed by atoms with Crippen molar-refractivity contribution >= 4 is 5.78 Å². The molecule has 2 nitrogen and oxygen atoms in total. The lowest BCUT2D eigenvalue weighted by molar-refractivity contribution is -0.121. The van der Waals surface area contributed by atoms with Crippen LogP contribution in [0.25, 0.3) is 0 Å². The van der Waals surface area contributed by atoms with Gasteiger partial charge in [0.2, 0.25) is 0 Å². The van der Waals surface area contributed by atoms with E-state index in [1.807, 2.05) is 13.8 Å². The first-order valence-electron chi connectivity index (χ1n) is 2.86. The molecule has 0 atom stereocenters. The monoisotopic (exact) mass is 128 g/mol. The molecule has 0 aromatic carbocycles. The number of hydrogen-bond donors (Lipinski definition) is 0. The Morgan fingerprint density at radius 1 is 1.56 bits per heavy atom. The minimum absolute atomic E-state index is 0.0163. The van der Waals surface area contributed by atoms with Gasteiger partial charge in [0.15, 0.2) is 11.5 Å². The molecule has 0 aliphatic rings. The second-order valence-corrected chi connectivity index (χ2v) is 2.15. The molecule has 0 saturated heterocycles. The van der Waals surface area contributed by atoms with Gasteiger partial charge in [-0.3, -0.25) is 4.79 Å². The van der Waals surface area contributed by atoms with Crippen molar-refractivity contribution in [1.29, 1.82) is 0 Å². The van der Waals surface area contributed by atoms with Gasteiger partial charge >= 0.3 is 0 Å². The topological polar surface area (TPSA) is 26.3 Å². The molecule has 0 radical (unpaired) electrons. The molecule has 0 fully saturated rings. The van der Waals surface area contributed by atoms with E-state index in [0.717, 1.165) is 0 Å². The van der Waals surface area contributed by atoms with Crippen LogP contribution in [0, 0.1) is 5.92 Å². The molecule has 0 aromatic heterocycles. The summed E-state index contributed by atoms with van der Waals surface area (Å²) in [5.74, 6) is 0.194. The van der Waals surface area contributed by atoms with Gasteiger partial charge in [-0.2, -0.15) is 0 Å². The second kappa shape index (κ2) is 3.28. The van der Waals surface area contributed by atoms with Crippen LogP contribution in [-0.4, -0.2) is 12.9 Å². The third-order valence-corrected chi connectivity index (χ3v) is 1.05. The van der Waals surface area contributed by atoms with Crippen molar-refractivity contribution in [2.24, 2.45) is 5.92 Å². The number of ether oxygens (including phenoxy) is 1. The van der Waals surface area contributed by atoms with E-state index in [0.29, 0.717) is 0 Å². The standard InChI is InChI=1S/C7H12O2/c1-5(2)7(8)6(3)9-4/h5H,3H2,1-2,4H3. The summed E-state index contributed by atoms with van der Waals surface area (Å²) in [6.07, 6.45) is 0. The van der Waals surface area contributed by atoms with E-state index in [1.165, 1.54) is 7.11 Å². The molecule has 0 bridgehead atoms. The van der Waals surface area contributed by atoms with Crippen LogP contribution in [0.5, 0.6) is 0 Å². The molecule has 52 valence electrons. The average Bonchev–Trinajstić information content (AvgIpc) is 1.84. The molecule has 2 heteroatoms. The lowest BCUT2D eigenvalue weighted by Crippen LogP contribution is -2.10. The van der Waals surface area contributed by atoms with Crippen LogP contribution in [-0.2, 0) is 9.53 Å². The Balaban J connectivity index is 3.89. The van der Waals surface area contributed by atoms with Crippen LogP contribution in [0.4, 0.5) is 0 Å². The van der Waals surface area contributed by atoms with E-state index in [4.69, 9.17) is 0 Å². The SMILES string of the molecule is C=C(OC)C(=O)C(C)C. The van der Waals surface area contributed by atoms with Crippen LogP contribution in [0.3, 0.4) is 0 Å². The summed E-state index contributed by atoms with van der Waals surface area (Å²) >= 11 is 0. The zero-order chi connectivity index (χ0) is 7.44. The van der Waals surface area contributed by atoms with Gasteiger partial charge in [-0.25, -0.2) is 0 Å². The van der Waals surface area contributed by atoms with Gasteiger partial charge in [0.25, 0.3) is 0 Å².